The van der Waals surface area contributed by atoms with Gasteiger partial charge in [0.2, 0.25) is 15.9 Å². The highest BCUT2D eigenvalue weighted by atomic mass is 32.2. The molecule has 1 unspecified atom stereocenters. The van der Waals surface area contributed by atoms with Crippen LogP contribution in [0.2, 0.25) is 0 Å². The van der Waals surface area contributed by atoms with Gasteiger partial charge in [0.1, 0.15) is 0 Å². The zero-order chi connectivity index (χ0) is 12.2. The minimum atomic E-state index is -3.13. The summed E-state index contributed by atoms with van der Waals surface area (Å²) in [5, 5.41) is 2.78. The minimum Gasteiger partial charge on any atom is -0.354 e. The molecular formula is C10H20N2O3S. The Morgan fingerprint density at radius 3 is 2.75 bits per heavy atom. The second kappa shape index (κ2) is 5.63. The predicted molar refractivity (Wildman–Crippen MR) is 62.5 cm³/mol. The maximum Gasteiger partial charge on any atom is 0.220 e. The van der Waals surface area contributed by atoms with Crippen LogP contribution in [0.5, 0.6) is 0 Å². The molecule has 16 heavy (non-hydrogen) atoms. The SMILES string of the molecule is CCCC(=O)NCC1CCCN1S(C)(=O)=O. The van der Waals surface area contributed by atoms with Gasteiger partial charge in [-0.3, -0.25) is 4.79 Å². The number of carbonyl (C=O) groups excluding carboxylic acids is 1. The lowest BCUT2D eigenvalue weighted by molar-refractivity contribution is -0.121. The van der Waals surface area contributed by atoms with Crippen LogP contribution in [0.15, 0.2) is 0 Å². The van der Waals surface area contributed by atoms with Crippen molar-refractivity contribution in [2.75, 3.05) is 19.3 Å². The van der Waals surface area contributed by atoms with E-state index in [0.717, 1.165) is 19.3 Å². The maximum atomic E-state index is 11.4. The molecule has 0 aromatic heterocycles. The standard InChI is InChI=1S/C10H20N2O3S/c1-3-5-10(13)11-8-9-6-4-7-12(9)16(2,14)15/h9H,3-8H2,1-2H3,(H,11,13). The van der Waals surface area contributed by atoms with Gasteiger partial charge in [0.05, 0.1) is 6.26 Å². The molecule has 1 heterocycles. The van der Waals surface area contributed by atoms with E-state index >= 15 is 0 Å². The lowest BCUT2D eigenvalue weighted by Crippen LogP contribution is -2.42. The second-order valence-electron chi connectivity index (χ2n) is 4.22. The minimum absolute atomic E-state index is 0.00264. The van der Waals surface area contributed by atoms with Crippen LogP contribution in [-0.4, -0.2) is 44.0 Å². The van der Waals surface area contributed by atoms with E-state index in [0.29, 0.717) is 19.5 Å². The van der Waals surface area contributed by atoms with Crippen molar-refractivity contribution in [1.29, 1.82) is 0 Å². The van der Waals surface area contributed by atoms with Gasteiger partial charge in [0.25, 0.3) is 0 Å². The zero-order valence-electron chi connectivity index (χ0n) is 9.90. The fourth-order valence-electron chi connectivity index (χ4n) is 2.00. The second-order valence-corrected chi connectivity index (χ2v) is 6.16. The fourth-order valence-corrected chi connectivity index (χ4v) is 3.18. The Balaban J connectivity index is 2.45. The topological polar surface area (TPSA) is 66.5 Å². The number of rotatable bonds is 5. The van der Waals surface area contributed by atoms with Crippen molar-refractivity contribution in [3.05, 3.63) is 0 Å². The molecule has 1 aliphatic heterocycles. The summed E-state index contributed by atoms with van der Waals surface area (Å²) in [4.78, 5) is 11.3. The molecule has 0 saturated carbocycles. The maximum absolute atomic E-state index is 11.4. The summed E-state index contributed by atoms with van der Waals surface area (Å²) in [6.45, 7) is 2.96. The molecule has 1 aliphatic rings. The van der Waals surface area contributed by atoms with E-state index in [2.05, 4.69) is 5.32 Å². The van der Waals surface area contributed by atoms with Gasteiger partial charge in [-0.1, -0.05) is 6.92 Å². The van der Waals surface area contributed by atoms with Gasteiger partial charge >= 0.3 is 0 Å². The summed E-state index contributed by atoms with van der Waals surface area (Å²) in [6.07, 6.45) is 4.25. The van der Waals surface area contributed by atoms with Crippen LogP contribution in [-0.2, 0) is 14.8 Å². The Labute approximate surface area is 97.2 Å². The average molecular weight is 248 g/mol. The highest BCUT2D eigenvalue weighted by Gasteiger charge is 2.31. The van der Waals surface area contributed by atoms with Gasteiger partial charge in [-0.15, -0.1) is 0 Å². The van der Waals surface area contributed by atoms with Crippen LogP contribution in [0.1, 0.15) is 32.6 Å². The number of amides is 1. The number of carbonyl (C=O) groups is 1. The number of sulfonamides is 1. The first-order chi connectivity index (χ1) is 7.45. The lowest BCUT2D eigenvalue weighted by atomic mass is 10.2. The summed E-state index contributed by atoms with van der Waals surface area (Å²) in [5.41, 5.74) is 0. The van der Waals surface area contributed by atoms with E-state index in [1.54, 1.807) is 0 Å². The number of nitrogens with one attached hydrogen (secondary N) is 1. The van der Waals surface area contributed by atoms with Gasteiger partial charge in [-0.25, -0.2) is 8.42 Å². The molecule has 0 aliphatic carbocycles. The molecule has 6 heteroatoms. The summed E-state index contributed by atoms with van der Waals surface area (Å²) < 4.78 is 24.3. The summed E-state index contributed by atoms with van der Waals surface area (Å²) in [6, 6.07) is -0.0594. The van der Waals surface area contributed by atoms with E-state index in [-0.39, 0.29) is 11.9 Å². The average Bonchev–Trinajstić information content (AvgIpc) is 2.62. The molecule has 1 N–H and O–H groups in total. The summed E-state index contributed by atoms with van der Waals surface area (Å²) in [5.74, 6) is 0.00264. The third-order valence-corrected chi connectivity index (χ3v) is 4.09. The largest absolute Gasteiger partial charge is 0.354 e. The van der Waals surface area contributed by atoms with Crippen LogP contribution in [0.25, 0.3) is 0 Å². The molecule has 0 radical (unpaired) electrons. The molecular weight excluding hydrogens is 228 g/mol. The van der Waals surface area contributed by atoms with E-state index in [1.165, 1.54) is 10.6 Å². The quantitative estimate of drug-likeness (QED) is 0.762. The van der Waals surface area contributed by atoms with Crippen LogP contribution in [0.3, 0.4) is 0 Å². The van der Waals surface area contributed by atoms with Crippen LogP contribution in [0.4, 0.5) is 0 Å². The molecule has 1 atom stereocenters. The lowest BCUT2D eigenvalue weighted by Gasteiger charge is -2.22. The third kappa shape index (κ3) is 3.75. The van der Waals surface area contributed by atoms with Crippen molar-refractivity contribution in [1.82, 2.24) is 9.62 Å². The zero-order valence-corrected chi connectivity index (χ0v) is 10.7. The molecule has 0 spiro atoms. The van der Waals surface area contributed by atoms with Gasteiger partial charge < -0.3 is 5.32 Å². The highest BCUT2D eigenvalue weighted by Crippen LogP contribution is 2.19. The Morgan fingerprint density at radius 2 is 2.19 bits per heavy atom. The molecule has 5 nitrogen and oxygen atoms in total. The van der Waals surface area contributed by atoms with Crippen LogP contribution in [0, 0.1) is 0 Å². The third-order valence-electron chi connectivity index (χ3n) is 2.76. The number of hydrogen-bond acceptors (Lipinski definition) is 3. The molecule has 0 aromatic carbocycles. The van der Waals surface area contributed by atoms with E-state index in [9.17, 15) is 13.2 Å². The highest BCUT2D eigenvalue weighted by molar-refractivity contribution is 7.88. The van der Waals surface area contributed by atoms with Crippen molar-refractivity contribution in [2.24, 2.45) is 0 Å². The van der Waals surface area contributed by atoms with Crippen molar-refractivity contribution in [2.45, 2.75) is 38.6 Å². The first-order valence-electron chi connectivity index (χ1n) is 5.68. The van der Waals surface area contributed by atoms with Gasteiger partial charge in [-0.2, -0.15) is 4.31 Å². The Bertz CT molecular complexity index is 340. The molecule has 1 rings (SSSR count). The van der Waals surface area contributed by atoms with Gasteiger partial charge in [0.15, 0.2) is 0 Å². The Morgan fingerprint density at radius 1 is 1.50 bits per heavy atom. The monoisotopic (exact) mass is 248 g/mol. The molecule has 1 amide bonds. The van der Waals surface area contributed by atoms with Crippen molar-refractivity contribution >= 4 is 15.9 Å². The first-order valence-corrected chi connectivity index (χ1v) is 7.53. The predicted octanol–water partition coefficient (Wildman–Crippen LogP) is 0.327. The van der Waals surface area contributed by atoms with Gasteiger partial charge in [0, 0.05) is 25.6 Å². The Kier molecular flexibility index (Phi) is 4.73. The number of nitrogens with zero attached hydrogens (tertiary/aromatic N) is 1. The molecule has 1 saturated heterocycles. The Hall–Kier alpha value is -0.620. The summed E-state index contributed by atoms with van der Waals surface area (Å²) in [7, 11) is -3.13. The normalized spacial score (nSPS) is 22.2. The van der Waals surface area contributed by atoms with Crippen molar-refractivity contribution in [3.8, 4) is 0 Å². The summed E-state index contributed by atoms with van der Waals surface area (Å²) >= 11 is 0. The fraction of sp³-hybridized carbons (Fsp3) is 0.900. The molecule has 94 valence electrons. The molecule has 0 aromatic rings. The molecule has 1 fully saturated rings. The first kappa shape index (κ1) is 13.4. The van der Waals surface area contributed by atoms with Crippen molar-refractivity contribution < 1.29 is 13.2 Å². The van der Waals surface area contributed by atoms with E-state index < -0.39 is 10.0 Å². The van der Waals surface area contributed by atoms with Crippen LogP contribution >= 0.6 is 0 Å². The van der Waals surface area contributed by atoms with E-state index in [1.807, 2.05) is 6.92 Å². The smallest absolute Gasteiger partial charge is 0.220 e. The van der Waals surface area contributed by atoms with E-state index in [4.69, 9.17) is 0 Å². The molecule has 0 bridgehead atoms. The number of hydrogen-bond donors (Lipinski definition) is 1. The van der Waals surface area contributed by atoms with Crippen LogP contribution < -0.4 is 5.32 Å². The van der Waals surface area contributed by atoms with Gasteiger partial charge in [-0.05, 0) is 19.3 Å². The van der Waals surface area contributed by atoms with Crippen molar-refractivity contribution in [3.63, 3.8) is 0 Å².